The van der Waals surface area contributed by atoms with E-state index in [9.17, 15) is 4.39 Å². The maximum absolute atomic E-state index is 13.7. The van der Waals surface area contributed by atoms with Crippen molar-refractivity contribution in [2.24, 2.45) is 0 Å². The average molecular weight is 292 g/mol. The number of fused-ring (bicyclic) bond motifs is 1. The standard InChI is InChI=1S/C14H18BFN2O3/c1-13(2)14(3,4)21-15(20-13)9-6-11(19-5)12-10(16)7-17-18(12)8-9/h6-8H,1-5H3. The van der Waals surface area contributed by atoms with Crippen LogP contribution in [-0.2, 0) is 9.31 Å². The Balaban J connectivity index is 2.06. The molecule has 112 valence electrons. The molecule has 0 saturated carbocycles. The van der Waals surface area contributed by atoms with Crippen LogP contribution in [0, 0.1) is 5.82 Å². The van der Waals surface area contributed by atoms with Crippen LogP contribution in [0.3, 0.4) is 0 Å². The normalized spacial score (nSPS) is 20.2. The summed E-state index contributed by atoms with van der Waals surface area (Å²) in [5.41, 5.74) is 0.170. The predicted molar refractivity (Wildman–Crippen MR) is 77.4 cm³/mol. The molecule has 1 aliphatic heterocycles. The molecule has 0 bridgehead atoms. The van der Waals surface area contributed by atoms with Crippen molar-refractivity contribution in [3.63, 3.8) is 0 Å². The van der Waals surface area contributed by atoms with E-state index < -0.39 is 24.1 Å². The Hall–Kier alpha value is -1.60. The van der Waals surface area contributed by atoms with Crippen LogP contribution in [0.15, 0.2) is 18.5 Å². The van der Waals surface area contributed by atoms with Gasteiger partial charge in [-0.15, -0.1) is 0 Å². The molecule has 21 heavy (non-hydrogen) atoms. The Morgan fingerprint density at radius 3 is 2.43 bits per heavy atom. The van der Waals surface area contributed by atoms with Crippen LogP contribution >= 0.6 is 0 Å². The summed E-state index contributed by atoms with van der Waals surface area (Å²) in [7, 11) is 0.955. The van der Waals surface area contributed by atoms with Crippen LogP contribution in [0.4, 0.5) is 4.39 Å². The van der Waals surface area contributed by atoms with E-state index in [2.05, 4.69) is 5.10 Å². The summed E-state index contributed by atoms with van der Waals surface area (Å²) in [6.07, 6.45) is 2.86. The SMILES string of the molecule is COc1cc(B2OC(C)(C)C(C)(C)O2)cn2ncc(F)c12. The fourth-order valence-corrected chi connectivity index (χ4v) is 2.33. The van der Waals surface area contributed by atoms with Crippen LogP contribution in [0.5, 0.6) is 5.75 Å². The summed E-state index contributed by atoms with van der Waals surface area (Å²) in [4.78, 5) is 0. The van der Waals surface area contributed by atoms with E-state index in [0.717, 1.165) is 11.7 Å². The number of halogens is 1. The van der Waals surface area contributed by atoms with Crippen LogP contribution in [-0.4, -0.2) is 35.0 Å². The zero-order chi connectivity index (χ0) is 15.4. The summed E-state index contributed by atoms with van der Waals surface area (Å²) in [6, 6.07) is 1.72. The number of nitrogens with zero attached hydrogens (tertiary/aromatic N) is 2. The lowest BCUT2D eigenvalue weighted by molar-refractivity contribution is 0.00578. The van der Waals surface area contributed by atoms with E-state index in [4.69, 9.17) is 14.0 Å². The van der Waals surface area contributed by atoms with Crippen LogP contribution in [0.25, 0.3) is 5.52 Å². The molecule has 0 spiro atoms. The number of hydrogen-bond donors (Lipinski definition) is 0. The number of pyridine rings is 1. The molecule has 2 aromatic rings. The average Bonchev–Trinajstić information content (AvgIpc) is 2.87. The highest BCUT2D eigenvalue weighted by atomic mass is 19.1. The van der Waals surface area contributed by atoms with E-state index >= 15 is 0 Å². The first-order valence-electron chi connectivity index (χ1n) is 6.81. The Kier molecular flexibility index (Phi) is 3.04. The molecule has 1 saturated heterocycles. The van der Waals surface area contributed by atoms with Crippen molar-refractivity contribution in [1.29, 1.82) is 0 Å². The quantitative estimate of drug-likeness (QED) is 0.792. The highest BCUT2D eigenvalue weighted by Gasteiger charge is 2.52. The van der Waals surface area contributed by atoms with Gasteiger partial charge in [0.05, 0.1) is 24.5 Å². The molecule has 0 unspecified atom stereocenters. The molecule has 0 amide bonds. The fourth-order valence-electron chi connectivity index (χ4n) is 2.33. The second-order valence-corrected chi connectivity index (χ2v) is 6.22. The monoisotopic (exact) mass is 292 g/mol. The summed E-state index contributed by atoms with van der Waals surface area (Å²) >= 11 is 0. The molecule has 2 aromatic heterocycles. The van der Waals surface area contributed by atoms with Gasteiger partial charge in [-0.1, -0.05) is 0 Å². The number of rotatable bonds is 2. The number of ether oxygens (including phenoxy) is 1. The van der Waals surface area contributed by atoms with Gasteiger partial charge >= 0.3 is 7.12 Å². The number of aromatic nitrogens is 2. The molecular weight excluding hydrogens is 274 g/mol. The summed E-state index contributed by atoms with van der Waals surface area (Å²) in [6.45, 7) is 7.93. The third kappa shape index (κ3) is 2.11. The minimum absolute atomic E-state index is 0.303. The minimum Gasteiger partial charge on any atom is -0.494 e. The lowest BCUT2D eigenvalue weighted by Gasteiger charge is -2.32. The Morgan fingerprint density at radius 2 is 1.86 bits per heavy atom. The van der Waals surface area contributed by atoms with E-state index in [1.165, 1.54) is 11.6 Å². The summed E-state index contributed by atoms with van der Waals surface area (Å²) < 4.78 is 32.4. The molecular formula is C14H18BFN2O3. The van der Waals surface area contributed by atoms with E-state index in [1.54, 1.807) is 12.3 Å². The maximum Gasteiger partial charge on any atom is 0.496 e. The maximum atomic E-state index is 13.7. The molecule has 1 aliphatic rings. The lowest BCUT2D eigenvalue weighted by Crippen LogP contribution is -2.41. The number of methoxy groups -OCH3 is 1. The van der Waals surface area contributed by atoms with Gasteiger partial charge in [0.2, 0.25) is 0 Å². The summed E-state index contributed by atoms with van der Waals surface area (Å²) in [5.74, 6) is -0.0236. The van der Waals surface area contributed by atoms with Crippen molar-refractivity contribution >= 4 is 18.1 Å². The van der Waals surface area contributed by atoms with Gasteiger partial charge in [-0.3, -0.25) is 0 Å². The first-order valence-corrected chi connectivity index (χ1v) is 6.81. The van der Waals surface area contributed by atoms with Gasteiger partial charge < -0.3 is 14.0 Å². The van der Waals surface area contributed by atoms with E-state index in [-0.39, 0.29) is 0 Å². The van der Waals surface area contributed by atoms with Crippen molar-refractivity contribution in [3.8, 4) is 5.75 Å². The third-order valence-electron chi connectivity index (χ3n) is 4.30. The highest BCUT2D eigenvalue weighted by Crippen LogP contribution is 2.36. The number of hydrogen-bond acceptors (Lipinski definition) is 4. The second kappa shape index (κ2) is 4.45. The van der Waals surface area contributed by atoms with Gasteiger partial charge in [0.15, 0.2) is 5.82 Å². The largest absolute Gasteiger partial charge is 0.496 e. The van der Waals surface area contributed by atoms with Crippen LogP contribution < -0.4 is 10.2 Å². The molecule has 1 fully saturated rings. The third-order valence-corrected chi connectivity index (χ3v) is 4.30. The van der Waals surface area contributed by atoms with E-state index in [0.29, 0.717) is 11.3 Å². The highest BCUT2D eigenvalue weighted by molar-refractivity contribution is 6.62. The topological polar surface area (TPSA) is 45.0 Å². The van der Waals surface area contributed by atoms with Gasteiger partial charge in [0, 0.05) is 11.7 Å². The first-order chi connectivity index (χ1) is 9.75. The van der Waals surface area contributed by atoms with Crippen LogP contribution in [0.2, 0.25) is 0 Å². The zero-order valence-corrected chi connectivity index (χ0v) is 12.8. The molecule has 0 radical (unpaired) electrons. The van der Waals surface area contributed by atoms with Gasteiger partial charge in [0.25, 0.3) is 0 Å². The molecule has 0 atom stereocenters. The molecule has 7 heteroatoms. The molecule has 5 nitrogen and oxygen atoms in total. The van der Waals surface area contributed by atoms with Crippen molar-refractivity contribution in [1.82, 2.24) is 9.61 Å². The van der Waals surface area contributed by atoms with Crippen molar-refractivity contribution in [2.75, 3.05) is 7.11 Å². The second-order valence-electron chi connectivity index (χ2n) is 6.22. The predicted octanol–water partition coefficient (Wildman–Crippen LogP) is 1.78. The Labute approximate surface area is 123 Å². The van der Waals surface area contributed by atoms with Gasteiger partial charge in [-0.05, 0) is 33.8 Å². The fraction of sp³-hybridized carbons (Fsp3) is 0.500. The minimum atomic E-state index is -0.541. The van der Waals surface area contributed by atoms with Gasteiger partial charge in [-0.25, -0.2) is 8.91 Å². The van der Waals surface area contributed by atoms with Gasteiger partial charge in [-0.2, -0.15) is 5.10 Å². The molecule has 0 aromatic carbocycles. The molecule has 0 N–H and O–H groups in total. The Bertz CT molecular complexity index is 683. The molecule has 0 aliphatic carbocycles. The first kappa shape index (κ1) is 14.3. The lowest BCUT2D eigenvalue weighted by atomic mass is 9.80. The van der Waals surface area contributed by atoms with E-state index in [1.807, 2.05) is 27.7 Å². The summed E-state index contributed by atoms with van der Waals surface area (Å²) in [5, 5.41) is 3.98. The van der Waals surface area contributed by atoms with Crippen molar-refractivity contribution in [3.05, 3.63) is 24.3 Å². The van der Waals surface area contributed by atoms with Crippen molar-refractivity contribution < 1.29 is 18.4 Å². The van der Waals surface area contributed by atoms with Gasteiger partial charge in [0.1, 0.15) is 11.3 Å². The molecule has 3 rings (SSSR count). The molecule has 3 heterocycles. The smallest absolute Gasteiger partial charge is 0.494 e. The Morgan fingerprint density at radius 1 is 1.24 bits per heavy atom. The zero-order valence-electron chi connectivity index (χ0n) is 12.8. The van der Waals surface area contributed by atoms with Crippen LogP contribution in [0.1, 0.15) is 27.7 Å². The van der Waals surface area contributed by atoms with Crippen molar-refractivity contribution in [2.45, 2.75) is 38.9 Å².